The number of halogens is 1. The summed E-state index contributed by atoms with van der Waals surface area (Å²) in [7, 11) is 0. The predicted octanol–water partition coefficient (Wildman–Crippen LogP) is 5.52. The van der Waals surface area contributed by atoms with Crippen LogP contribution in [0.25, 0.3) is 0 Å². The molecule has 0 fully saturated rings. The molecule has 0 saturated carbocycles. The molecule has 6 nitrogen and oxygen atoms in total. The van der Waals surface area contributed by atoms with Gasteiger partial charge in [0.15, 0.2) is 0 Å². The molecule has 0 spiro atoms. The number of nitrogens with one attached hydrogen (secondary N) is 2. The van der Waals surface area contributed by atoms with Gasteiger partial charge in [-0.15, -0.1) is 0 Å². The average Bonchev–Trinajstić information content (AvgIpc) is 2.70. The van der Waals surface area contributed by atoms with E-state index >= 15 is 0 Å². The van der Waals surface area contributed by atoms with Crippen LogP contribution in [0.2, 0.25) is 5.02 Å². The largest absolute Gasteiger partial charge is 0.492 e. The number of ether oxygens (including phenoxy) is 2. The van der Waals surface area contributed by atoms with Crippen molar-refractivity contribution in [1.82, 2.24) is 0 Å². The van der Waals surface area contributed by atoms with Crippen LogP contribution in [0.3, 0.4) is 0 Å². The molecule has 29 heavy (non-hydrogen) atoms. The van der Waals surface area contributed by atoms with Gasteiger partial charge in [-0.2, -0.15) is 0 Å². The Balaban J connectivity index is 2.32. The first kappa shape index (κ1) is 22.6. The summed E-state index contributed by atoms with van der Waals surface area (Å²) in [5.74, 6) is 0.522. The Morgan fingerprint density at radius 1 is 0.897 bits per heavy atom. The fourth-order valence-corrected chi connectivity index (χ4v) is 2.78. The Labute approximate surface area is 176 Å². The van der Waals surface area contributed by atoms with Gasteiger partial charge in [0, 0.05) is 29.1 Å². The van der Waals surface area contributed by atoms with Crippen LogP contribution >= 0.6 is 11.6 Å². The highest BCUT2D eigenvalue weighted by Crippen LogP contribution is 2.37. The molecule has 2 N–H and O–H groups in total. The maximum atomic E-state index is 12.6. The van der Waals surface area contributed by atoms with Crippen molar-refractivity contribution in [2.24, 2.45) is 0 Å². The van der Waals surface area contributed by atoms with E-state index in [0.29, 0.717) is 53.1 Å². The molecule has 2 aromatic carbocycles. The minimum absolute atomic E-state index is 0.0896. The van der Waals surface area contributed by atoms with Crippen LogP contribution in [0.4, 0.5) is 11.4 Å². The van der Waals surface area contributed by atoms with Gasteiger partial charge in [0.25, 0.3) is 5.91 Å². The lowest BCUT2D eigenvalue weighted by Gasteiger charge is -2.18. The van der Waals surface area contributed by atoms with Crippen molar-refractivity contribution in [2.45, 2.75) is 40.0 Å². The van der Waals surface area contributed by atoms with Gasteiger partial charge in [-0.3, -0.25) is 9.59 Å². The first-order chi connectivity index (χ1) is 14.0. The summed E-state index contributed by atoms with van der Waals surface area (Å²) in [5, 5.41) is 6.28. The van der Waals surface area contributed by atoms with E-state index in [1.54, 1.807) is 36.4 Å². The second-order valence-corrected chi connectivity index (χ2v) is 6.76. The lowest BCUT2D eigenvalue weighted by molar-refractivity contribution is -0.116. The highest BCUT2D eigenvalue weighted by molar-refractivity contribution is 6.30. The SMILES string of the molecule is CCCCC(=O)Nc1cc(OCC)c(NC(=O)c2ccc(Cl)cc2)cc1OCC. The molecular formula is C22H27ClN2O4. The van der Waals surface area contributed by atoms with Crippen molar-refractivity contribution in [3.8, 4) is 11.5 Å². The Morgan fingerprint density at radius 2 is 1.45 bits per heavy atom. The smallest absolute Gasteiger partial charge is 0.255 e. The van der Waals surface area contributed by atoms with Gasteiger partial charge in [-0.25, -0.2) is 0 Å². The summed E-state index contributed by atoms with van der Waals surface area (Å²) in [4.78, 5) is 24.8. The number of unbranched alkanes of at least 4 members (excludes halogenated alkanes) is 1. The summed E-state index contributed by atoms with van der Waals surface area (Å²) < 4.78 is 11.4. The van der Waals surface area contributed by atoms with Crippen molar-refractivity contribution in [3.05, 3.63) is 47.0 Å². The van der Waals surface area contributed by atoms with Crippen molar-refractivity contribution in [2.75, 3.05) is 23.8 Å². The summed E-state index contributed by atoms with van der Waals surface area (Å²) in [6.07, 6.45) is 2.18. The Morgan fingerprint density at radius 3 is 1.97 bits per heavy atom. The Bertz CT molecular complexity index is 837. The number of hydrogen-bond donors (Lipinski definition) is 2. The van der Waals surface area contributed by atoms with E-state index < -0.39 is 0 Å². The van der Waals surface area contributed by atoms with Crippen molar-refractivity contribution < 1.29 is 19.1 Å². The van der Waals surface area contributed by atoms with E-state index in [4.69, 9.17) is 21.1 Å². The quantitative estimate of drug-likeness (QED) is 0.532. The number of carbonyl (C=O) groups is 2. The van der Waals surface area contributed by atoms with Gasteiger partial charge in [0.1, 0.15) is 11.5 Å². The molecule has 2 rings (SSSR count). The highest BCUT2D eigenvalue weighted by atomic mass is 35.5. The van der Waals surface area contributed by atoms with Crippen LogP contribution in [0.15, 0.2) is 36.4 Å². The van der Waals surface area contributed by atoms with Gasteiger partial charge < -0.3 is 20.1 Å². The number of carbonyl (C=O) groups excluding carboxylic acids is 2. The van der Waals surface area contributed by atoms with E-state index in [1.165, 1.54) is 0 Å². The van der Waals surface area contributed by atoms with Gasteiger partial charge >= 0.3 is 0 Å². The fraction of sp³-hybridized carbons (Fsp3) is 0.364. The molecule has 0 aromatic heterocycles. The molecule has 0 atom stereocenters. The zero-order valence-electron chi connectivity index (χ0n) is 17.0. The van der Waals surface area contributed by atoms with E-state index in [9.17, 15) is 9.59 Å². The lowest BCUT2D eigenvalue weighted by atomic mass is 10.2. The van der Waals surface area contributed by atoms with Gasteiger partial charge in [-0.05, 0) is 44.5 Å². The molecule has 0 saturated heterocycles. The number of anilines is 2. The highest BCUT2D eigenvalue weighted by Gasteiger charge is 2.17. The third-order valence-corrected chi connectivity index (χ3v) is 4.32. The molecule has 0 aliphatic carbocycles. The molecular weight excluding hydrogens is 392 g/mol. The molecule has 2 amide bonds. The van der Waals surface area contributed by atoms with Gasteiger partial charge in [0.05, 0.1) is 24.6 Å². The normalized spacial score (nSPS) is 10.3. The van der Waals surface area contributed by atoms with E-state index in [0.717, 1.165) is 12.8 Å². The predicted molar refractivity (Wildman–Crippen MR) is 116 cm³/mol. The van der Waals surface area contributed by atoms with Crippen LogP contribution < -0.4 is 20.1 Å². The molecule has 0 aliphatic heterocycles. The number of hydrogen-bond acceptors (Lipinski definition) is 4. The molecule has 0 radical (unpaired) electrons. The van der Waals surface area contributed by atoms with Crippen LogP contribution in [0.5, 0.6) is 11.5 Å². The first-order valence-corrected chi connectivity index (χ1v) is 10.2. The third-order valence-electron chi connectivity index (χ3n) is 4.07. The number of rotatable bonds is 10. The van der Waals surface area contributed by atoms with Crippen molar-refractivity contribution in [1.29, 1.82) is 0 Å². The maximum Gasteiger partial charge on any atom is 0.255 e. The minimum Gasteiger partial charge on any atom is -0.492 e. The zero-order valence-corrected chi connectivity index (χ0v) is 17.8. The summed E-state index contributed by atoms with van der Waals surface area (Å²) in [5.41, 5.74) is 1.44. The van der Waals surface area contributed by atoms with Crippen LogP contribution in [-0.2, 0) is 4.79 Å². The number of amides is 2. The van der Waals surface area contributed by atoms with E-state index in [-0.39, 0.29) is 11.8 Å². The Hall–Kier alpha value is -2.73. The Kier molecular flexibility index (Phi) is 8.80. The summed E-state index contributed by atoms with van der Waals surface area (Å²) in [6, 6.07) is 9.93. The van der Waals surface area contributed by atoms with Crippen LogP contribution in [-0.4, -0.2) is 25.0 Å². The first-order valence-electron chi connectivity index (χ1n) is 9.78. The fourth-order valence-electron chi connectivity index (χ4n) is 2.65. The van der Waals surface area contributed by atoms with E-state index in [1.807, 2.05) is 20.8 Å². The topological polar surface area (TPSA) is 76.7 Å². The lowest BCUT2D eigenvalue weighted by Crippen LogP contribution is -2.15. The molecule has 156 valence electrons. The van der Waals surface area contributed by atoms with Crippen molar-refractivity contribution >= 4 is 34.8 Å². The summed E-state index contributed by atoms with van der Waals surface area (Å²) in [6.45, 7) is 6.55. The monoisotopic (exact) mass is 418 g/mol. The molecule has 2 aromatic rings. The standard InChI is InChI=1S/C22H27ClN2O4/c1-4-7-8-21(26)24-17-13-20(29-6-3)18(14-19(17)28-5-2)25-22(27)15-9-11-16(23)12-10-15/h9-14H,4-8H2,1-3H3,(H,24,26)(H,25,27). The third kappa shape index (κ3) is 6.68. The van der Waals surface area contributed by atoms with Gasteiger partial charge in [0.2, 0.25) is 5.91 Å². The molecule has 0 aliphatic rings. The molecule has 0 bridgehead atoms. The van der Waals surface area contributed by atoms with Gasteiger partial charge in [-0.1, -0.05) is 24.9 Å². The van der Waals surface area contributed by atoms with Crippen LogP contribution in [0, 0.1) is 0 Å². The summed E-state index contributed by atoms with van der Waals surface area (Å²) >= 11 is 5.89. The number of benzene rings is 2. The second-order valence-electron chi connectivity index (χ2n) is 6.32. The molecule has 0 unspecified atom stereocenters. The van der Waals surface area contributed by atoms with Crippen molar-refractivity contribution in [3.63, 3.8) is 0 Å². The average molecular weight is 419 g/mol. The molecule has 7 heteroatoms. The van der Waals surface area contributed by atoms with E-state index in [2.05, 4.69) is 10.6 Å². The molecule has 0 heterocycles. The van der Waals surface area contributed by atoms with Crippen LogP contribution in [0.1, 0.15) is 50.4 Å². The zero-order chi connectivity index (χ0) is 21.2. The minimum atomic E-state index is -0.301. The second kappa shape index (κ2) is 11.3. The maximum absolute atomic E-state index is 12.6.